The molecular formula is C17H29NO3S. The van der Waals surface area contributed by atoms with Crippen molar-refractivity contribution in [2.24, 2.45) is 0 Å². The van der Waals surface area contributed by atoms with Crippen molar-refractivity contribution in [3.05, 3.63) is 30.3 Å². The summed E-state index contributed by atoms with van der Waals surface area (Å²) in [4.78, 5) is 2.21. The third-order valence-electron chi connectivity index (χ3n) is 3.73. The number of hydrogen-bond donors (Lipinski definition) is 1. The van der Waals surface area contributed by atoms with Gasteiger partial charge in [0.1, 0.15) is 0 Å². The van der Waals surface area contributed by atoms with Crippen molar-refractivity contribution < 1.29 is 13.0 Å². The predicted octanol–water partition coefficient (Wildman–Crippen LogP) is 4.13. The molecule has 0 atom stereocenters. The molecule has 0 saturated heterocycles. The maximum Gasteiger partial charge on any atom is 0.264 e. The van der Waals surface area contributed by atoms with Crippen LogP contribution in [0.5, 0.6) is 0 Å². The van der Waals surface area contributed by atoms with E-state index in [1.165, 1.54) is 32.1 Å². The van der Waals surface area contributed by atoms with Crippen molar-refractivity contribution >= 4 is 15.8 Å². The second kappa shape index (κ2) is 10.6. The minimum atomic E-state index is -3.86. The van der Waals surface area contributed by atoms with Gasteiger partial charge in [-0.05, 0) is 25.0 Å². The quantitative estimate of drug-likeness (QED) is 0.463. The highest BCUT2D eigenvalue weighted by molar-refractivity contribution is 7.85. The molecule has 4 nitrogen and oxygen atoms in total. The zero-order valence-electron chi connectivity index (χ0n) is 13.6. The molecule has 0 unspecified atom stereocenters. The number of nitrogens with zero attached hydrogens (tertiary/aromatic N) is 1. The second-order valence-electron chi connectivity index (χ2n) is 5.73. The molecule has 0 amide bonds. The van der Waals surface area contributed by atoms with Gasteiger partial charge in [0.25, 0.3) is 10.1 Å². The molecule has 0 spiro atoms. The number of hydrogen-bond acceptors (Lipinski definition) is 3. The fourth-order valence-electron chi connectivity index (χ4n) is 2.53. The van der Waals surface area contributed by atoms with Crippen LogP contribution in [0.25, 0.3) is 0 Å². The minimum absolute atomic E-state index is 0.174. The van der Waals surface area contributed by atoms with Gasteiger partial charge in [-0.15, -0.1) is 0 Å². The summed E-state index contributed by atoms with van der Waals surface area (Å²) in [5, 5.41) is 0. The first-order chi connectivity index (χ1) is 10.5. The van der Waals surface area contributed by atoms with E-state index in [9.17, 15) is 8.42 Å². The van der Waals surface area contributed by atoms with E-state index >= 15 is 0 Å². The second-order valence-corrected chi connectivity index (χ2v) is 7.30. The van der Waals surface area contributed by atoms with Gasteiger partial charge in [0.15, 0.2) is 0 Å². The fourth-order valence-corrected chi connectivity index (χ4v) is 3.02. The summed E-state index contributed by atoms with van der Waals surface area (Å²) in [6.07, 6.45) is 7.89. The molecule has 5 heteroatoms. The standard InChI is InChI=1S/C17H29NO3S/c1-2-3-4-5-6-10-14-18(15-11-16-22(19,20)21)17-12-8-7-9-13-17/h7-9,12-13H,2-6,10-11,14-16H2,1H3,(H,19,20,21). The van der Waals surface area contributed by atoms with Crippen molar-refractivity contribution in [3.8, 4) is 0 Å². The Kier molecular flexibility index (Phi) is 9.16. The minimum Gasteiger partial charge on any atom is -0.372 e. The Bertz CT molecular complexity index is 488. The van der Waals surface area contributed by atoms with Gasteiger partial charge >= 0.3 is 0 Å². The lowest BCUT2D eigenvalue weighted by Crippen LogP contribution is -2.27. The van der Waals surface area contributed by atoms with E-state index in [2.05, 4.69) is 11.8 Å². The maximum absolute atomic E-state index is 10.8. The lowest BCUT2D eigenvalue weighted by molar-refractivity contribution is 0.480. The van der Waals surface area contributed by atoms with Crippen LogP contribution in [0.1, 0.15) is 51.9 Å². The van der Waals surface area contributed by atoms with Gasteiger partial charge in [-0.2, -0.15) is 8.42 Å². The van der Waals surface area contributed by atoms with Crippen molar-refractivity contribution in [1.29, 1.82) is 0 Å². The number of anilines is 1. The molecule has 0 saturated carbocycles. The van der Waals surface area contributed by atoms with Crippen LogP contribution in [0.3, 0.4) is 0 Å². The van der Waals surface area contributed by atoms with E-state index < -0.39 is 10.1 Å². The Labute approximate surface area is 135 Å². The van der Waals surface area contributed by atoms with Gasteiger partial charge in [0, 0.05) is 18.8 Å². The SMILES string of the molecule is CCCCCCCCN(CCCS(=O)(=O)O)c1ccccc1. The molecule has 0 aliphatic rings. The van der Waals surface area contributed by atoms with Gasteiger partial charge in [-0.1, -0.05) is 57.2 Å². The smallest absolute Gasteiger partial charge is 0.264 e. The molecule has 0 fully saturated rings. The van der Waals surface area contributed by atoms with Crippen molar-refractivity contribution in [2.75, 3.05) is 23.7 Å². The Balaban J connectivity index is 2.42. The maximum atomic E-state index is 10.8. The Morgan fingerprint density at radius 3 is 2.14 bits per heavy atom. The highest BCUT2D eigenvalue weighted by Gasteiger charge is 2.09. The van der Waals surface area contributed by atoms with Crippen molar-refractivity contribution in [3.63, 3.8) is 0 Å². The van der Waals surface area contributed by atoms with Crippen LogP contribution in [-0.4, -0.2) is 31.8 Å². The molecule has 1 N–H and O–H groups in total. The van der Waals surface area contributed by atoms with Crippen LogP contribution in [-0.2, 0) is 10.1 Å². The molecule has 1 rings (SSSR count). The predicted molar refractivity (Wildman–Crippen MR) is 93.1 cm³/mol. The molecule has 22 heavy (non-hydrogen) atoms. The number of unbranched alkanes of at least 4 members (excludes halogenated alkanes) is 5. The lowest BCUT2D eigenvalue weighted by atomic mass is 10.1. The largest absolute Gasteiger partial charge is 0.372 e. The van der Waals surface area contributed by atoms with E-state index in [1.807, 2.05) is 30.3 Å². The Morgan fingerprint density at radius 2 is 1.50 bits per heavy atom. The highest BCUT2D eigenvalue weighted by atomic mass is 32.2. The van der Waals surface area contributed by atoms with Gasteiger partial charge in [-0.25, -0.2) is 0 Å². The molecule has 0 heterocycles. The molecule has 0 aliphatic heterocycles. The summed E-state index contributed by atoms with van der Waals surface area (Å²) < 4.78 is 30.5. The summed E-state index contributed by atoms with van der Waals surface area (Å²) in [7, 11) is -3.86. The molecule has 0 radical (unpaired) electrons. The molecule has 0 bridgehead atoms. The van der Waals surface area contributed by atoms with Crippen LogP contribution >= 0.6 is 0 Å². The van der Waals surface area contributed by atoms with E-state index in [0.29, 0.717) is 13.0 Å². The lowest BCUT2D eigenvalue weighted by Gasteiger charge is -2.24. The Morgan fingerprint density at radius 1 is 0.909 bits per heavy atom. The van der Waals surface area contributed by atoms with Crippen LogP contribution in [0.4, 0.5) is 5.69 Å². The fraction of sp³-hybridized carbons (Fsp3) is 0.647. The summed E-state index contributed by atoms with van der Waals surface area (Å²) in [5.74, 6) is -0.174. The zero-order chi connectivity index (χ0) is 16.3. The van der Waals surface area contributed by atoms with Crippen LogP contribution in [0.15, 0.2) is 30.3 Å². The third-order valence-corrected chi connectivity index (χ3v) is 4.54. The first-order valence-corrected chi connectivity index (χ1v) is 9.89. The monoisotopic (exact) mass is 327 g/mol. The first kappa shape index (κ1) is 19.0. The van der Waals surface area contributed by atoms with Crippen LogP contribution < -0.4 is 4.90 Å². The van der Waals surface area contributed by atoms with Gasteiger partial charge in [0.05, 0.1) is 5.75 Å². The van der Waals surface area contributed by atoms with Gasteiger partial charge < -0.3 is 4.90 Å². The van der Waals surface area contributed by atoms with E-state index in [1.54, 1.807) is 0 Å². The first-order valence-electron chi connectivity index (χ1n) is 8.28. The molecule has 126 valence electrons. The molecule has 1 aromatic carbocycles. The summed E-state index contributed by atoms with van der Waals surface area (Å²) in [5.41, 5.74) is 1.12. The van der Waals surface area contributed by atoms with Crippen molar-refractivity contribution in [2.45, 2.75) is 51.9 Å². The summed E-state index contributed by atoms with van der Waals surface area (Å²) in [6, 6.07) is 10.1. The Hall–Kier alpha value is -1.07. The molecule has 0 aromatic heterocycles. The third kappa shape index (κ3) is 9.05. The van der Waals surface area contributed by atoms with Crippen LogP contribution in [0.2, 0.25) is 0 Å². The number of para-hydroxylation sites is 1. The molecule has 0 aliphatic carbocycles. The molecular weight excluding hydrogens is 298 g/mol. The summed E-state index contributed by atoms with van der Waals surface area (Å²) >= 11 is 0. The van der Waals surface area contributed by atoms with Gasteiger partial charge in [0.2, 0.25) is 0 Å². The topological polar surface area (TPSA) is 57.6 Å². The number of rotatable bonds is 12. The average molecular weight is 327 g/mol. The average Bonchev–Trinajstić information content (AvgIpc) is 2.48. The highest BCUT2D eigenvalue weighted by Crippen LogP contribution is 2.15. The zero-order valence-corrected chi connectivity index (χ0v) is 14.4. The van der Waals surface area contributed by atoms with Crippen LogP contribution in [0, 0.1) is 0 Å². The van der Waals surface area contributed by atoms with E-state index in [4.69, 9.17) is 4.55 Å². The number of benzene rings is 1. The van der Waals surface area contributed by atoms with Gasteiger partial charge in [-0.3, -0.25) is 4.55 Å². The van der Waals surface area contributed by atoms with Crippen molar-refractivity contribution in [1.82, 2.24) is 0 Å². The van der Waals surface area contributed by atoms with E-state index in [0.717, 1.165) is 18.7 Å². The molecule has 1 aromatic rings. The summed E-state index contributed by atoms with van der Waals surface area (Å²) in [6.45, 7) is 3.80. The van der Waals surface area contributed by atoms with E-state index in [-0.39, 0.29) is 5.75 Å². The normalized spacial score (nSPS) is 11.5.